The van der Waals surface area contributed by atoms with Crippen LogP contribution in [0, 0.1) is 12.7 Å². The van der Waals surface area contributed by atoms with Crippen LogP contribution in [0.2, 0.25) is 0 Å². The summed E-state index contributed by atoms with van der Waals surface area (Å²) in [5.74, 6) is 0.894. The fourth-order valence-corrected chi connectivity index (χ4v) is 1.66. The van der Waals surface area contributed by atoms with Crippen LogP contribution in [0.15, 0.2) is 30.3 Å². The second-order valence-electron chi connectivity index (χ2n) is 5.77. The number of aromatic nitrogens is 1. The van der Waals surface area contributed by atoms with Crippen LogP contribution in [0.5, 0.6) is 17.5 Å². The quantitative estimate of drug-likeness (QED) is 0.925. The van der Waals surface area contributed by atoms with E-state index in [1.54, 1.807) is 31.2 Å². The Balaban J connectivity index is 2.24. The zero-order chi connectivity index (χ0) is 15.6. The molecule has 0 spiro atoms. The highest BCUT2D eigenvalue weighted by Gasteiger charge is 2.16. The largest absolute Gasteiger partial charge is 0.470 e. The van der Waals surface area contributed by atoms with Crippen molar-refractivity contribution in [2.75, 3.05) is 5.73 Å². The Morgan fingerprint density at radius 3 is 2.48 bits per heavy atom. The molecule has 4 nitrogen and oxygen atoms in total. The molecule has 0 bridgehead atoms. The molecule has 0 amide bonds. The molecule has 0 aliphatic heterocycles. The second-order valence-corrected chi connectivity index (χ2v) is 5.77. The lowest BCUT2D eigenvalue weighted by molar-refractivity contribution is 0.124. The van der Waals surface area contributed by atoms with Crippen LogP contribution in [0.3, 0.4) is 0 Å². The van der Waals surface area contributed by atoms with Crippen molar-refractivity contribution in [1.29, 1.82) is 0 Å². The maximum absolute atomic E-state index is 13.2. The molecule has 1 aromatic heterocycles. The summed E-state index contributed by atoms with van der Waals surface area (Å²) >= 11 is 0. The number of rotatable bonds is 3. The van der Waals surface area contributed by atoms with Crippen molar-refractivity contribution < 1.29 is 13.9 Å². The number of nitrogen functional groups attached to an aromatic ring is 1. The van der Waals surface area contributed by atoms with Crippen molar-refractivity contribution in [3.63, 3.8) is 0 Å². The molecule has 1 aromatic carbocycles. The van der Waals surface area contributed by atoms with Gasteiger partial charge in [0.25, 0.3) is 0 Å². The van der Waals surface area contributed by atoms with Crippen molar-refractivity contribution in [1.82, 2.24) is 4.98 Å². The van der Waals surface area contributed by atoms with Gasteiger partial charge in [0.05, 0.1) is 5.69 Å². The molecule has 0 unspecified atom stereocenters. The Labute approximate surface area is 123 Å². The van der Waals surface area contributed by atoms with Crippen molar-refractivity contribution >= 4 is 5.69 Å². The van der Waals surface area contributed by atoms with E-state index in [1.807, 2.05) is 20.8 Å². The molecule has 5 heteroatoms. The van der Waals surface area contributed by atoms with Crippen molar-refractivity contribution in [2.24, 2.45) is 0 Å². The Bertz CT molecular complexity index is 651. The van der Waals surface area contributed by atoms with Crippen molar-refractivity contribution in [3.8, 4) is 17.5 Å². The lowest BCUT2D eigenvalue weighted by atomic mass is 10.2. The first kappa shape index (κ1) is 15.1. The zero-order valence-corrected chi connectivity index (χ0v) is 12.6. The first-order chi connectivity index (χ1) is 9.74. The van der Waals surface area contributed by atoms with Gasteiger partial charge in [-0.1, -0.05) is 0 Å². The van der Waals surface area contributed by atoms with Crippen LogP contribution in [-0.4, -0.2) is 10.6 Å². The van der Waals surface area contributed by atoms with Crippen LogP contribution >= 0.6 is 0 Å². The molecule has 2 N–H and O–H groups in total. The normalized spacial score (nSPS) is 11.3. The first-order valence-corrected chi connectivity index (χ1v) is 6.64. The predicted octanol–water partition coefficient (Wildman–Crippen LogP) is 4.08. The fraction of sp³-hybridized carbons (Fsp3) is 0.312. The summed E-state index contributed by atoms with van der Waals surface area (Å²) in [6.45, 7) is 7.40. The number of anilines is 1. The standard InChI is InChI=1S/C16H19FN2O2/c1-10-9-11(5-6-12(10)17)20-14-8-7-13(18)15(19-14)21-16(2,3)4/h5-9H,18H2,1-4H3. The molecule has 2 aromatic rings. The fourth-order valence-electron chi connectivity index (χ4n) is 1.66. The molecule has 112 valence electrons. The summed E-state index contributed by atoms with van der Waals surface area (Å²) in [7, 11) is 0. The van der Waals surface area contributed by atoms with Crippen LogP contribution in [-0.2, 0) is 0 Å². The average molecular weight is 290 g/mol. The van der Waals surface area contributed by atoms with Gasteiger partial charge in [-0.3, -0.25) is 0 Å². The third kappa shape index (κ3) is 4.08. The van der Waals surface area contributed by atoms with Gasteiger partial charge < -0.3 is 15.2 Å². The maximum Gasteiger partial charge on any atom is 0.241 e. The molecular weight excluding hydrogens is 271 g/mol. The van der Waals surface area contributed by atoms with Crippen LogP contribution < -0.4 is 15.2 Å². The summed E-state index contributed by atoms with van der Waals surface area (Å²) in [4.78, 5) is 4.24. The van der Waals surface area contributed by atoms with E-state index < -0.39 is 5.60 Å². The van der Waals surface area contributed by atoms with Gasteiger partial charge in [0, 0.05) is 6.07 Å². The van der Waals surface area contributed by atoms with E-state index >= 15 is 0 Å². The highest BCUT2D eigenvalue weighted by atomic mass is 19.1. The molecule has 0 aliphatic carbocycles. The molecule has 1 heterocycles. The lowest BCUT2D eigenvalue weighted by Gasteiger charge is -2.21. The number of pyridine rings is 1. The van der Waals surface area contributed by atoms with Crippen molar-refractivity contribution in [3.05, 3.63) is 41.7 Å². The minimum absolute atomic E-state index is 0.274. The summed E-state index contributed by atoms with van der Waals surface area (Å²) < 4.78 is 24.5. The van der Waals surface area contributed by atoms with E-state index in [1.165, 1.54) is 6.07 Å². The third-order valence-corrected chi connectivity index (χ3v) is 2.62. The maximum atomic E-state index is 13.2. The number of hydrogen-bond donors (Lipinski definition) is 1. The summed E-state index contributed by atoms with van der Waals surface area (Å²) in [6.07, 6.45) is 0. The Morgan fingerprint density at radius 1 is 1.14 bits per heavy atom. The molecule has 0 saturated carbocycles. The highest BCUT2D eigenvalue weighted by molar-refractivity contribution is 5.50. The van der Waals surface area contributed by atoms with E-state index in [-0.39, 0.29) is 5.82 Å². The van der Waals surface area contributed by atoms with E-state index in [4.69, 9.17) is 15.2 Å². The van der Waals surface area contributed by atoms with Crippen LogP contribution in [0.25, 0.3) is 0 Å². The lowest BCUT2D eigenvalue weighted by Crippen LogP contribution is -2.24. The Morgan fingerprint density at radius 2 is 1.86 bits per heavy atom. The van der Waals surface area contributed by atoms with Crippen LogP contribution in [0.4, 0.5) is 10.1 Å². The average Bonchev–Trinajstić information content (AvgIpc) is 2.36. The zero-order valence-electron chi connectivity index (χ0n) is 12.6. The van der Waals surface area contributed by atoms with Gasteiger partial charge in [0.2, 0.25) is 11.8 Å². The summed E-state index contributed by atoms with van der Waals surface area (Å²) in [5, 5.41) is 0. The number of aryl methyl sites for hydroxylation is 1. The van der Waals surface area contributed by atoms with Crippen LogP contribution in [0.1, 0.15) is 26.3 Å². The first-order valence-electron chi connectivity index (χ1n) is 6.64. The van der Waals surface area contributed by atoms with Gasteiger partial charge in [0.15, 0.2) is 0 Å². The van der Waals surface area contributed by atoms with Gasteiger partial charge in [-0.2, -0.15) is 4.98 Å². The van der Waals surface area contributed by atoms with Gasteiger partial charge in [-0.15, -0.1) is 0 Å². The van der Waals surface area contributed by atoms with Gasteiger partial charge >= 0.3 is 0 Å². The number of nitrogens with two attached hydrogens (primary N) is 1. The van der Waals surface area contributed by atoms with E-state index in [0.29, 0.717) is 28.8 Å². The van der Waals surface area contributed by atoms with Gasteiger partial charge in [-0.05, 0) is 57.5 Å². The monoisotopic (exact) mass is 290 g/mol. The minimum atomic E-state index is -0.411. The molecule has 21 heavy (non-hydrogen) atoms. The second kappa shape index (κ2) is 5.60. The minimum Gasteiger partial charge on any atom is -0.470 e. The summed E-state index contributed by atoms with van der Waals surface area (Å²) in [5.41, 5.74) is 6.38. The number of benzene rings is 1. The number of ether oxygens (including phenoxy) is 2. The number of halogens is 1. The molecule has 2 rings (SSSR count). The molecule has 0 fully saturated rings. The highest BCUT2D eigenvalue weighted by Crippen LogP contribution is 2.28. The smallest absolute Gasteiger partial charge is 0.241 e. The number of nitrogens with zero attached hydrogens (tertiary/aromatic N) is 1. The Hall–Kier alpha value is -2.30. The molecular formula is C16H19FN2O2. The van der Waals surface area contributed by atoms with E-state index in [0.717, 1.165) is 0 Å². The van der Waals surface area contributed by atoms with E-state index in [9.17, 15) is 4.39 Å². The molecule has 0 aliphatic rings. The topological polar surface area (TPSA) is 57.4 Å². The van der Waals surface area contributed by atoms with Gasteiger partial charge in [-0.25, -0.2) is 4.39 Å². The predicted molar refractivity (Wildman–Crippen MR) is 80.2 cm³/mol. The van der Waals surface area contributed by atoms with Gasteiger partial charge in [0.1, 0.15) is 17.2 Å². The SMILES string of the molecule is Cc1cc(Oc2ccc(N)c(OC(C)(C)C)n2)ccc1F. The summed E-state index contributed by atoms with van der Waals surface area (Å²) in [6, 6.07) is 7.82. The van der Waals surface area contributed by atoms with Crippen molar-refractivity contribution in [2.45, 2.75) is 33.3 Å². The van der Waals surface area contributed by atoms with E-state index in [2.05, 4.69) is 4.98 Å². The number of hydrogen-bond acceptors (Lipinski definition) is 4. The molecule has 0 radical (unpaired) electrons. The molecule has 0 saturated heterocycles. The third-order valence-electron chi connectivity index (χ3n) is 2.62. The molecule has 0 atom stereocenters. The Kier molecular flexibility index (Phi) is 4.02.